The van der Waals surface area contributed by atoms with Crippen LogP contribution in [0.4, 0.5) is 5.69 Å². The molecule has 7 nitrogen and oxygen atoms in total. The number of nitrogens with zero attached hydrogens (tertiary/aromatic N) is 2. The lowest BCUT2D eigenvalue weighted by Crippen LogP contribution is -2.54. The standard InChI is InChI=1S/C39H47Cl2N3O4S/c1-4-26(2)42-38(46)36(20-27-9-6-5-7-10-27)43(24-33-34(40)11-8-12-35(33)41)37(45)25-44(49(3,47)48)32-15-13-31(14-16-32)39-21-28-17-29(22-39)19-30(18-28)23-39/h5-16,26,28-30,36H,4,17-25H2,1-3H3,(H,42,46)/t26-,28?,29?,30?,36+,39?/m0/s1. The van der Waals surface area contributed by atoms with E-state index >= 15 is 0 Å². The van der Waals surface area contributed by atoms with Gasteiger partial charge in [0.1, 0.15) is 12.6 Å². The van der Waals surface area contributed by atoms with Crippen LogP contribution in [0.5, 0.6) is 0 Å². The first kappa shape index (κ1) is 35.7. The molecule has 0 unspecified atom stereocenters. The second-order valence-electron chi connectivity index (χ2n) is 14.8. The number of carbonyl (C=O) groups is 2. The third-order valence-corrected chi connectivity index (χ3v) is 13.0. The first-order chi connectivity index (χ1) is 23.3. The van der Waals surface area contributed by atoms with Gasteiger partial charge in [-0.2, -0.15) is 0 Å². The van der Waals surface area contributed by atoms with Crippen LogP contribution in [0.25, 0.3) is 0 Å². The Morgan fingerprint density at radius 2 is 1.45 bits per heavy atom. The normalized spacial score (nSPS) is 23.9. The molecular formula is C39H47Cl2N3O4S. The van der Waals surface area contributed by atoms with Gasteiger partial charge >= 0.3 is 0 Å². The van der Waals surface area contributed by atoms with Gasteiger partial charge in [0.25, 0.3) is 0 Å². The number of amides is 2. The minimum atomic E-state index is -3.89. The summed E-state index contributed by atoms with van der Waals surface area (Å²) < 4.78 is 27.9. The fraction of sp³-hybridized carbons (Fsp3) is 0.487. The maximum atomic E-state index is 14.5. The fourth-order valence-corrected chi connectivity index (χ4v) is 10.3. The summed E-state index contributed by atoms with van der Waals surface area (Å²) in [7, 11) is -3.89. The van der Waals surface area contributed by atoms with Crippen molar-refractivity contribution in [3.05, 3.63) is 99.5 Å². The van der Waals surface area contributed by atoms with E-state index in [0.717, 1.165) is 33.9 Å². The maximum absolute atomic E-state index is 14.5. The largest absolute Gasteiger partial charge is 0.352 e. The molecule has 49 heavy (non-hydrogen) atoms. The van der Waals surface area contributed by atoms with Crippen molar-refractivity contribution in [2.45, 2.75) is 89.3 Å². The van der Waals surface area contributed by atoms with Gasteiger partial charge in [-0.1, -0.05) is 78.7 Å². The van der Waals surface area contributed by atoms with E-state index in [0.29, 0.717) is 27.7 Å². The quantitative estimate of drug-likeness (QED) is 0.195. The Morgan fingerprint density at radius 3 is 1.98 bits per heavy atom. The molecule has 4 bridgehead atoms. The van der Waals surface area contributed by atoms with Gasteiger partial charge in [-0.25, -0.2) is 8.42 Å². The van der Waals surface area contributed by atoms with Gasteiger partial charge < -0.3 is 10.2 Å². The van der Waals surface area contributed by atoms with Gasteiger partial charge in [0.05, 0.1) is 11.9 Å². The lowest BCUT2D eigenvalue weighted by atomic mass is 9.48. The first-order valence-electron chi connectivity index (χ1n) is 17.5. The van der Waals surface area contributed by atoms with E-state index in [9.17, 15) is 18.0 Å². The Kier molecular flexibility index (Phi) is 10.7. The number of halogens is 2. The summed E-state index contributed by atoms with van der Waals surface area (Å²) in [4.78, 5) is 29.9. The molecule has 262 valence electrons. The second kappa shape index (κ2) is 14.7. The number of hydrogen-bond donors (Lipinski definition) is 1. The van der Waals surface area contributed by atoms with Gasteiger partial charge in [0.15, 0.2) is 0 Å². The predicted molar refractivity (Wildman–Crippen MR) is 197 cm³/mol. The van der Waals surface area contributed by atoms with E-state index in [1.807, 2.05) is 56.3 Å². The van der Waals surface area contributed by atoms with E-state index in [2.05, 4.69) is 17.4 Å². The molecule has 1 N–H and O–H groups in total. The lowest BCUT2D eigenvalue weighted by molar-refractivity contribution is -0.140. The molecular weight excluding hydrogens is 677 g/mol. The minimum Gasteiger partial charge on any atom is -0.352 e. The Labute approximate surface area is 301 Å². The second-order valence-corrected chi connectivity index (χ2v) is 17.5. The molecule has 0 heterocycles. The summed E-state index contributed by atoms with van der Waals surface area (Å²) >= 11 is 13.2. The molecule has 4 aliphatic rings. The number of sulfonamides is 1. The highest BCUT2D eigenvalue weighted by atomic mass is 35.5. The molecule has 0 aliphatic heterocycles. The molecule has 10 heteroatoms. The maximum Gasteiger partial charge on any atom is 0.244 e. The van der Waals surface area contributed by atoms with Gasteiger partial charge in [-0.05, 0) is 110 Å². The highest BCUT2D eigenvalue weighted by Gasteiger charge is 2.51. The lowest BCUT2D eigenvalue weighted by Gasteiger charge is -2.57. The molecule has 3 aromatic carbocycles. The van der Waals surface area contributed by atoms with Crippen molar-refractivity contribution in [2.75, 3.05) is 17.1 Å². The Bertz CT molecular complexity index is 1710. The van der Waals surface area contributed by atoms with Crippen LogP contribution in [0.1, 0.15) is 75.5 Å². The molecule has 2 atom stereocenters. The molecule has 4 fully saturated rings. The summed E-state index contributed by atoms with van der Waals surface area (Å²) in [6.07, 6.45) is 9.67. The van der Waals surface area contributed by atoms with E-state index < -0.39 is 28.5 Å². The number of benzene rings is 3. The Morgan fingerprint density at radius 1 is 0.878 bits per heavy atom. The van der Waals surface area contributed by atoms with Crippen LogP contribution in [0, 0.1) is 17.8 Å². The summed E-state index contributed by atoms with van der Waals surface area (Å²) in [6.45, 7) is 3.32. The highest BCUT2D eigenvalue weighted by Crippen LogP contribution is 2.60. The number of carbonyl (C=O) groups excluding carboxylic acids is 2. The summed E-state index contributed by atoms with van der Waals surface area (Å²) in [5.41, 5.74) is 3.20. The van der Waals surface area contributed by atoms with Gasteiger partial charge in [0.2, 0.25) is 21.8 Å². The SMILES string of the molecule is CC[C@H](C)NC(=O)[C@@H](Cc1ccccc1)N(Cc1c(Cl)cccc1Cl)C(=O)CN(c1ccc(C23CC4CC(CC(C4)C2)C3)cc1)S(C)(=O)=O. The molecule has 0 aromatic heterocycles. The van der Waals surface area contributed by atoms with E-state index in [1.54, 1.807) is 18.2 Å². The summed E-state index contributed by atoms with van der Waals surface area (Å²) in [5.74, 6) is 1.49. The topological polar surface area (TPSA) is 86.8 Å². The van der Waals surface area contributed by atoms with Gasteiger partial charge in [-0.3, -0.25) is 13.9 Å². The van der Waals surface area contributed by atoms with Crippen LogP contribution in [-0.2, 0) is 38.0 Å². The van der Waals surface area contributed by atoms with Crippen LogP contribution >= 0.6 is 23.2 Å². The van der Waals surface area contributed by atoms with E-state index in [1.165, 1.54) is 49.0 Å². The molecule has 4 saturated carbocycles. The summed E-state index contributed by atoms with van der Waals surface area (Å²) in [6, 6.07) is 21.3. The van der Waals surface area contributed by atoms with E-state index in [-0.39, 0.29) is 30.3 Å². The molecule has 3 aromatic rings. The van der Waals surface area contributed by atoms with Crippen molar-refractivity contribution in [2.24, 2.45) is 17.8 Å². The van der Waals surface area contributed by atoms with E-state index in [4.69, 9.17) is 23.2 Å². The van der Waals surface area contributed by atoms with Crippen LogP contribution in [0.15, 0.2) is 72.8 Å². The molecule has 4 aliphatic carbocycles. The average Bonchev–Trinajstić information content (AvgIpc) is 3.05. The zero-order chi connectivity index (χ0) is 34.9. The fourth-order valence-electron chi connectivity index (χ4n) is 8.91. The average molecular weight is 725 g/mol. The smallest absolute Gasteiger partial charge is 0.244 e. The first-order valence-corrected chi connectivity index (χ1v) is 20.1. The molecule has 7 rings (SSSR count). The van der Waals surface area contributed by atoms with Crippen LogP contribution in [-0.4, -0.2) is 50.0 Å². The van der Waals surface area contributed by atoms with Gasteiger partial charge in [0, 0.05) is 34.6 Å². The zero-order valence-electron chi connectivity index (χ0n) is 28.6. The number of rotatable bonds is 13. The third kappa shape index (κ3) is 7.97. The highest BCUT2D eigenvalue weighted by molar-refractivity contribution is 7.92. The molecule has 0 spiro atoms. The number of anilines is 1. The monoisotopic (exact) mass is 723 g/mol. The van der Waals surface area contributed by atoms with Crippen molar-refractivity contribution in [1.29, 1.82) is 0 Å². The third-order valence-electron chi connectivity index (χ3n) is 11.1. The molecule has 0 radical (unpaired) electrons. The van der Waals surface area contributed by atoms with Crippen LogP contribution < -0.4 is 9.62 Å². The van der Waals surface area contributed by atoms with Crippen molar-refractivity contribution in [1.82, 2.24) is 10.2 Å². The number of nitrogens with one attached hydrogen (secondary N) is 1. The zero-order valence-corrected chi connectivity index (χ0v) is 30.9. The van der Waals surface area contributed by atoms with Crippen LogP contribution in [0.3, 0.4) is 0 Å². The van der Waals surface area contributed by atoms with Crippen LogP contribution in [0.2, 0.25) is 10.0 Å². The summed E-state index contributed by atoms with van der Waals surface area (Å²) in [5, 5.41) is 3.75. The Hall–Kier alpha value is -3.07. The molecule has 2 amide bonds. The Balaban J connectivity index is 1.33. The van der Waals surface area contributed by atoms with Crippen molar-refractivity contribution >= 4 is 50.7 Å². The molecule has 0 saturated heterocycles. The number of hydrogen-bond acceptors (Lipinski definition) is 4. The van der Waals surface area contributed by atoms with Crippen molar-refractivity contribution in [3.8, 4) is 0 Å². The minimum absolute atomic E-state index is 0.0780. The van der Waals surface area contributed by atoms with Gasteiger partial charge in [-0.15, -0.1) is 0 Å². The predicted octanol–water partition coefficient (Wildman–Crippen LogP) is 7.78. The van der Waals surface area contributed by atoms with Crippen molar-refractivity contribution < 1.29 is 18.0 Å². The van der Waals surface area contributed by atoms with Crippen molar-refractivity contribution in [3.63, 3.8) is 0 Å².